The van der Waals surface area contributed by atoms with Crippen LogP contribution in [0.1, 0.15) is 16.7 Å². The molecule has 5 N–H and O–H groups in total. The van der Waals surface area contributed by atoms with Crippen LogP contribution >= 0.6 is 0 Å². The van der Waals surface area contributed by atoms with E-state index in [0.29, 0.717) is 0 Å². The van der Waals surface area contributed by atoms with Crippen LogP contribution in [0.2, 0.25) is 0 Å². The highest BCUT2D eigenvalue weighted by Crippen LogP contribution is 2.08. The van der Waals surface area contributed by atoms with Crippen molar-refractivity contribution in [2.24, 2.45) is 5.73 Å². The number of methoxy groups -OCH3 is 1. The van der Waals surface area contributed by atoms with Gasteiger partial charge in [0.1, 0.15) is 24.4 Å². The van der Waals surface area contributed by atoms with Gasteiger partial charge in [-0.15, -0.1) is 0 Å². The van der Waals surface area contributed by atoms with E-state index in [-0.39, 0.29) is 25.1 Å². The molecule has 0 saturated heterocycles. The van der Waals surface area contributed by atoms with Gasteiger partial charge < -0.3 is 31.2 Å². The van der Waals surface area contributed by atoms with Crippen molar-refractivity contribution in [3.8, 4) is 0 Å². The summed E-state index contributed by atoms with van der Waals surface area (Å²) in [6.45, 7) is 0.0129. The zero-order valence-electron chi connectivity index (χ0n) is 22.0. The number of alkyl carbamates (subject to hydrolysis) is 1. The number of carbonyl (C=O) groups excluding carboxylic acids is 4. The van der Waals surface area contributed by atoms with E-state index >= 15 is 0 Å². The van der Waals surface area contributed by atoms with Crippen LogP contribution in [0.5, 0.6) is 0 Å². The molecule has 0 aliphatic heterocycles. The van der Waals surface area contributed by atoms with Gasteiger partial charge in [0.25, 0.3) is 5.91 Å². The maximum Gasteiger partial charge on any atom is 0.408 e. The van der Waals surface area contributed by atoms with Gasteiger partial charge in [0, 0.05) is 19.0 Å². The highest BCUT2D eigenvalue weighted by molar-refractivity contribution is 5.98. The fourth-order valence-electron chi connectivity index (χ4n) is 3.74. The Morgan fingerprint density at radius 1 is 0.775 bits per heavy atom. The predicted molar refractivity (Wildman–Crippen MR) is 148 cm³/mol. The lowest BCUT2D eigenvalue weighted by Gasteiger charge is -2.20. The molecule has 0 bridgehead atoms. The molecule has 10 heteroatoms. The molecular formula is C30H32N4O6. The molecule has 0 heterocycles. The number of rotatable bonds is 13. The summed E-state index contributed by atoms with van der Waals surface area (Å²) in [7, 11) is 1.25. The average molecular weight is 545 g/mol. The second kappa shape index (κ2) is 15.3. The number of nitrogens with one attached hydrogen (secondary N) is 3. The molecule has 0 spiro atoms. The van der Waals surface area contributed by atoms with Gasteiger partial charge in [0.05, 0.1) is 7.11 Å². The quantitative estimate of drug-likeness (QED) is 0.191. The molecule has 0 aromatic heterocycles. The van der Waals surface area contributed by atoms with Gasteiger partial charge in [0.15, 0.2) is 0 Å². The van der Waals surface area contributed by atoms with Gasteiger partial charge in [0.2, 0.25) is 5.91 Å². The Labute approximate surface area is 232 Å². The van der Waals surface area contributed by atoms with Crippen LogP contribution in [0, 0.1) is 0 Å². The van der Waals surface area contributed by atoms with Gasteiger partial charge in [-0.2, -0.15) is 0 Å². The monoisotopic (exact) mass is 544 g/mol. The van der Waals surface area contributed by atoms with Crippen molar-refractivity contribution >= 4 is 23.9 Å². The normalized spacial score (nSPS) is 12.4. The molecule has 3 aromatic rings. The minimum absolute atomic E-state index is 0.0129. The van der Waals surface area contributed by atoms with Crippen LogP contribution in [0.25, 0.3) is 0 Å². The molecule has 0 radical (unpaired) electrons. The summed E-state index contributed by atoms with van der Waals surface area (Å²) in [6.07, 6.45) is 0.718. The number of ether oxygens (including phenoxy) is 2. The maximum atomic E-state index is 13.2. The first-order valence-corrected chi connectivity index (χ1v) is 12.6. The van der Waals surface area contributed by atoms with E-state index in [9.17, 15) is 19.2 Å². The third-order valence-electron chi connectivity index (χ3n) is 5.82. The molecule has 2 atom stereocenters. The highest BCUT2D eigenvalue weighted by Gasteiger charge is 2.25. The Morgan fingerprint density at radius 2 is 1.27 bits per heavy atom. The lowest BCUT2D eigenvalue weighted by molar-refractivity contribution is -0.142. The number of hydrogen-bond donors (Lipinski definition) is 4. The van der Waals surface area contributed by atoms with E-state index < -0.39 is 36.0 Å². The van der Waals surface area contributed by atoms with E-state index in [4.69, 9.17) is 15.2 Å². The first-order chi connectivity index (χ1) is 19.4. The molecule has 40 heavy (non-hydrogen) atoms. The molecule has 0 unspecified atom stereocenters. The number of nitrogens with two attached hydrogens (primary N) is 1. The fraction of sp³-hybridized carbons (Fsp3) is 0.200. The fourth-order valence-corrected chi connectivity index (χ4v) is 3.74. The Hall–Kier alpha value is -5.12. The molecule has 0 fully saturated rings. The standard InChI is InChI=1S/C30H32N4O6/c1-39-29(37)25(18-22-13-7-3-8-14-22)32-19-26(27(31)35)33-28(36)24(17-21-11-5-2-6-12-21)34-30(38)40-20-23-15-9-4-10-16-23/h2-16,19,24-25,32H,17-18,20H2,1H3,(H2,31,35)(H,33,36)(H,34,38)/b26-19-/t24-,25-/m0/s1. The van der Waals surface area contributed by atoms with Crippen molar-refractivity contribution in [3.05, 3.63) is 120 Å². The largest absolute Gasteiger partial charge is 0.467 e. The van der Waals surface area contributed by atoms with E-state index in [1.165, 1.54) is 7.11 Å². The Kier molecular flexibility index (Phi) is 11.3. The summed E-state index contributed by atoms with van der Waals surface area (Å²) in [5, 5.41) is 7.82. The third kappa shape index (κ3) is 9.64. The van der Waals surface area contributed by atoms with E-state index in [1.807, 2.05) is 54.6 Å². The van der Waals surface area contributed by atoms with Gasteiger partial charge in [-0.1, -0.05) is 91.0 Å². The zero-order valence-corrected chi connectivity index (χ0v) is 22.0. The van der Waals surface area contributed by atoms with Crippen LogP contribution in [0.3, 0.4) is 0 Å². The van der Waals surface area contributed by atoms with Crippen molar-refractivity contribution in [1.82, 2.24) is 16.0 Å². The van der Waals surface area contributed by atoms with Gasteiger partial charge in [-0.25, -0.2) is 9.59 Å². The van der Waals surface area contributed by atoms with Crippen LogP contribution in [0.15, 0.2) is 103 Å². The number of amides is 3. The number of esters is 1. The summed E-state index contributed by atoms with van der Waals surface area (Å²) in [6, 6.07) is 25.4. The van der Waals surface area contributed by atoms with Crippen LogP contribution in [-0.4, -0.2) is 43.1 Å². The summed E-state index contributed by atoms with van der Waals surface area (Å²) in [5.41, 5.74) is 7.60. The van der Waals surface area contributed by atoms with Gasteiger partial charge >= 0.3 is 12.1 Å². The SMILES string of the molecule is COC(=O)[C@H](Cc1ccccc1)N/C=C(\NC(=O)[C@H](Cc1ccccc1)NC(=O)OCc1ccccc1)C(N)=O. The molecule has 10 nitrogen and oxygen atoms in total. The number of primary amides is 1. The van der Waals surface area contributed by atoms with Gasteiger partial charge in [-0.05, 0) is 16.7 Å². The Morgan fingerprint density at radius 3 is 1.77 bits per heavy atom. The van der Waals surface area contributed by atoms with Crippen molar-refractivity contribution in [2.45, 2.75) is 31.5 Å². The topological polar surface area (TPSA) is 149 Å². The summed E-state index contributed by atoms with van der Waals surface area (Å²) < 4.78 is 10.1. The molecule has 0 aliphatic carbocycles. The molecular weight excluding hydrogens is 512 g/mol. The van der Waals surface area contributed by atoms with Crippen molar-refractivity contribution in [2.75, 3.05) is 7.11 Å². The molecule has 3 amide bonds. The Balaban J connectivity index is 1.72. The lowest BCUT2D eigenvalue weighted by Crippen LogP contribution is -2.49. The number of benzene rings is 3. The van der Waals surface area contributed by atoms with Crippen LogP contribution < -0.4 is 21.7 Å². The van der Waals surface area contributed by atoms with Crippen molar-refractivity contribution in [3.63, 3.8) is 0 Å². The summed E-state index contributed by atoms with van der Waals surface area (Å²) in [4.78, 5) is 50.3. The van der Waals surface area contributed by atoms with E-state index in [1.54, 1.807) is 36.4 Å². The first-order valence-electron chi connectivity index (χ1n) is 12.6. The lowest BCUT2D eigenvalue weighted by atomic mass is 10.1. The maximum absolute atomic E-state index is 13.2. The molecule has 208 valence electrons. The second-order valence-corrected chi connectivity index (χ2v) is 8.79. The van der Waals surface area contributed by atoms with Crippen molar-refractivity contribution in [1.29, 1.82) is 0 Å². The van der Waals surface area contributed by atoms with Crippen LogP contribution in [0.4, 0.5) is 4.79 Å². The Bertz CT molecular complexity index is 1300. The zero-order chi connectivity index (χ0) is 28.7. The summed E-state index contributed by atoms with van der Waals surface area (Å²) in [5.74, 6) is -2.22. The average Bonchev–Trinajstić information content (AvgIpc) is 2.98. The minimum atomic E-state index is -1.10. The first kappa shape index (κ1) is 29.4. The van der Waals surface area contributed by atoms with Crippen molar-refractivity contribution < 1.29 is 28.7 Å². The molecule has 0 saturated carbocycles. The third-order valence-corrected chi connectivity index (χ3v) is 5.82. The van der Waals surface area contributed by atoms with Crippen LogP contribution in [-0.2, 0) is 43.3 Å². The number of hydrogen-bond acceptors (Lipinski definition) is 7. The minimum Gasteiger partial charge on any atom is -0.467 e. The molecule has 3 aromatic carbocycles. The van der Waals surface area contributed by atoms with E-state index in [2.05, 4.69) is 16.0 Å². The van der Waals surface area contributed by atoms with E-state index in [0.717, 1.165) is 22.9 Å². The highest BCUT2D eigenvalue weighted by atomic mass is 16.5. The second-order valence-electron chi connectivity index (χ2n) is 8.79. The predicted octanol–water partition coefficient (Wildman–Crippen LogP) is 2.34. The molecule has 3 rings (SSSR count). The molecule has 0 aliphatic rings. The smallest absolute Gasteiger partial charge is 0.408 e. The summed E-state index contributed by atoms with van der Waals surface area (Å²) >= 11 is 0. The van der Waals surface area contributed by atoms with Gasteiger partial charge in [-0.3, -0.25) is 9.59 Å². The number of carbonyl (C=O) groups is 4.